The molecule has 8 unspecified atom stereocenters. The Balaban J connectivity index is 1.10. The van der Waals surface area contributed by atoms with E-state index in [0.717, 1.165) is 48.5 Å². The summed E-state index contributed by atoms with van der Waals surface area (Å²) in [5.74, 6) is 5.57. The van der Waals surface area contributed by atoms with E-state index < -0.39 is 0 Å². The fraction of sp³-hybridized carbons (Fsp3) is 0.867. The van der Waals surface area contributed by atoms with Crippen molar-refractivity contribution in [3.63, 3.8) is 0 Å². The van der Waals surface area contributed by atoms with E-state index in [-0.39, 0.29) is 0 Å². The van der Waals surface area contributed by atoms with Crippen molar-refractivity contribution in [3.05, 3.63) is 36.0 Å². The van der Waals surface area contributed by atoms with Crippen molar-refractivity contribution in [3.8, 4) is 0 Å². The molecule has 0 aromatic rings. The zero-order chi connectivity index (χ0) is 32.8. The van der Waals surface area contributed by atoms with Crippen molar-refractivity contribution in [1.29, 1.82) is 0 Å². The molecule has 46 heavy (non-hydrogen) atoms. The van der Waals surface area contributed by atoms with E-state index >= 15 is 0 Å². The van der Waals surface area contributed by atoms with E-state index in [2.05, 4.69) is 71.9 Å². The molecule has 3 saturated carbocycles. The molecule has 4 rings (SSSR count). The lowest BCUT2D eigenvalue weighted by atomic mass is 9.47. The molecule has 0 heterocycles. The molecule has 0 aromatic carbocycles. The van der Waals surface area contributed by atoms with Crippen LogP contribution in [0.4, 0.5) is 0 Å². The van der Waals surface area contributed by atoms with Crippen molar-refractivity contribution in [2.75, 3.05) is 6.61 Å². The molecule has 8 atom stereocenters. The summed E-state index contributed by atoms with van der Waals surface area (Å²) in [6, 6.07) is 0. The van der Waals surface area contributed by atoms with Gasteiger partial charge in [0.2, 0.25) is 0 Å². The monoisotopic (exact) mass is 635 g/mol. The lowest BCUT2D eigenvalue weighted by Gasteiger charge is -2.58. The van der Waals surface area contributed by atoms with Gasteiger partial charge in [-0.05, 0) is 136 Å². The Morgan fingerprint density at radius 2 is 1.48 bits per heavy atom. The van der Waals surface area contributed by atoms with Crippen molar-refractivity contribution in [2.45, 2.75) is 195 Å². The van der Waals surface area contributed by atoms with Crippen molar-refractivity contribution in [1.82, 2.24) is 0 Å². The van der Waals surface area contributed by atoms with Crippen LogP contribution in [0.3, 0.4) is 0 Å². The second-order valence-electron chi connectivity index (χ2n) is 17.6. The zero-order valence-electron chi connectivity index (χ0n) is 31.8. The first-order chi connectivity index (χ1) is 22.3. The maximum atomic E-state index is 6.55. The zero-order valence-corrected chi connectivity index (χ0v) is 31.8. The quantitative estimate of drug-likeness (QED) is 0.0901. The Hall–Kier alpha value is -0.820. The lowest BCUT2D eigenvalue weighted by Crippen LogP contribution is -2.51. The number of fused-ring (bicyclic) bond motifs is 5. The highest BCUT2D eigenvalue weighted by Crippen LogP contribution is 2.67. The van der Waals surface area contributed by atoms with Gasteiger partial charge in [-0.3, -0.25) is 0 Å². The number of ether oxygens (including phenoxy) is 1. The fourth-order valence-electron chi connectivity index (χ4n) is 11.1. The highest BCUT2D eigenvalue weighted by molar-refractivity contribution is 5.25. The predicted octanol–water partition coefficient (Wildman–Crippen LogP) is 14.2. The van der Waals surface area contributed by atoms with Crippen molar-refractivity contribution < 1.29 is 4.74 Å². The van der Waals surface area contributed by atoms with E-state index in [1.54, 1.807) is 5.57 Å². The SMILES string of the molecule is CCCCC/C=C/C/C=C/CCCCCCCCOC1CCC2(C)C(=CCC3C2CCC2(C)C(C(C)CCCC(C)C)CCC32)C1. The smallest absolute Gasteiger partial charge is 0.0612 e. The first kappa shape index (κ1) is 38.0. The number of unbranched alkanes of at least 4 members (excludes halogenated alkanes) is 9. The summed E-state index contributed by atoms with van der Waals surface area (Å²) >= 11 is 0. The van der Waals surface area contributed by atoms with Crippen LogP contribution in [0.15, 0.2) is 36.0 Å². The average molecular weight is 635 g/mol. The molecule has 0 N–H and O–H groups in total. The Morgan fingerprint density at radius 1 is 0.761 bits per heavy atom. The van der Waals surface area contributed by atoms with Gasteiger partial charge in [0.1, 0.15) is 0 Å². The summed E-state index contributed by atoms with van der Waals surface area (Å²) in [5, 5.41) is 0. The summed E-state index contributed by atoms with van der Waals surface area (Å²) in [5.41, 5.74) is 2.84. The first-order valence-corrected chi connectivity index (χ1v) is 20.9. The maximum absolute atomic E-state index is 6.55. The molecule has 0 aromatic heterocycles. The Morgan fingerprint density at radius 3 is 2.22 bits per heavy atom. The first-order valence-electron chi connectivity index (χ1n) is 20.9. The number of rotatable bonds is 21. The van der Waals surface area contributed by atoms with Crippen molar-refractivity contribution in [2.24, 2.45) is 46.3 Å². The van der Waals surface area contributed by atoms with Crippen molar-refractivity contribution >= 4 is 0 Å². The largest absolute Gasteiger partial charge is 0.378 e. The Labute approximate surface area is 288 Å². The average Bonchev–Trinajstić information content (AvgIpc) is 3.39. The van der Waals surface area contributed by atoms with E-state index in [0.29, 0.717) is 16.9 Å². The molecule has 4 aliphatic carbocycles. The van der Waals surface area contributed by atoms with Gasteiger partial charge < -0.3 is 4.74 Å². The third kappa shape index (κ3) is 10.3. The minimum absolute atomic E-state index is 0.450. The molecule has 1 heteroatoms. The molecule has 1 nitrogen and oxygen atoms in total. The molecular weight excluding hydrogens is 556 g/mol. The third-order valence-electron chi connectivity index (χ3n) is 14.0. The van der Waals surface area contributed by atoms with Crippen LogP contribution in [0.1, 0.15) is 189 Å². The summed E-state index contributed by atoms with van der Waals surface area (Å²) in [7, 11) is 0. The van der Waals surface area contributed by atoms with Crippen LogP contribution >= 0.6 is 0 Å². The standard InChI is InChI=1S/C45H78O/c1-7-8-9-10-11-12-13-14-15-16-17-18-19-20-21-22-34-46-39-30-32-44(5)38(35-39)26-27-40-42-29-28-41(37(4)25-23-24-36(2)3)45(42,6)33-31-43(40)44/h11-12,14-15,26,36-37,39-43H,7-10,13,16-25,27-35H2,1-6H3/b12-11+,15-14+. The molecule has 0 aliphatic heterocycles. The lowest BCUT2D eigenvalue weighted by molar-refractivity contribution is -0.0641. The number of hydrogen-bond acceptors (Lipinski definition) is 1. The summed E-state index contributed by atoms with van der Waals surface area (Å²) < 4.78 is 6.55. The van der Waals surface area contributed by atoms with Gasteiger partial charge in [0.25, 0.3) is 0 Å². The van der Waals surface area contributed by atoms with Gasteiger partial charge in [-0.2, -0.15) is 0 Å². The summed E-state index contributed by atoms with van der Waals surface area (Å²) in [6.07, 6.45) is 44.0. The van der Waals surface area contributed by atoms with Gasteiger partial charge in [0.05, 0.1) is 6.10 Å². The Bertz CT molecular complexity index is 941. The van der Waals surface area contributed by atoms with Gasteiger partial charge in [0.15, 0.2) is 0 Å². The number of hydrogen-bond donors (Lipinski definition) is 0. The molecule has 0 spiro atoms. The minimum atomic E-state index is 0.450. The van der Waals surface area contributed by atoms with Gasteiger partial charge in [-0.25, -0.2) is 0 Å². The van der Waals surface area contributed by atoms with Crippen LogP contribution in [0, 0.1) is 46.3 Å². The molecule has 0 saturated heterocycles. The van der Waals surface area contributed by atoms with E-state index in [9.17, 15) is 0 Å². The second kappa shape index (κ2) is 19.4. The molecule has 0 bridgehead atoms. The molecule has 0 radical (unpaired) electrons. The fourth-order valence-corrected chi connectivity index (χ4v) is 11.1. The normalized spacial score (nSPS) is 33.4. The Kier molecular flexibility index (Phi) is 16.0. The summed E-state index contributed by atoms with van der Waals surface area (Å²) in [6.45, 7) is 16.1. The van der Waals surface area contributed by atoms with E-state index in [1.165, 1.54) is 141 Å². The molecule has 264 valence electrons. The highest BCUT2D eigenvalue weighted by atomic mass is 16.5. The van der Waals surface area contributed by atoms with Crippen LogP contribution in [0.5, 0.6) is 0 Å². The third-order valence-corrected chi connectivity index (χ3v) is 14.0. The second-order valence-corrected chi connectivity index (χ2v) is 17.6. The molecule has 4 aliphatic rings. The van der Waals surface area contributed by atoms with E-state index in [1.807, 2.05) is 0 Å². The predicted molar refractivity (Wildman–Crippen MR) is 202 cm³/mol. The van der Waals surface area contributed by atoms with Gasteiger partial charge >= 0.3 is 0 Å². The molecular formula is C45H78O. The van der Waals surface area contributed by atoms with Crippen LogP contribution in [-0.2, 0) is 4.74 Å². The van der Waals surface area contributed by atoms with Gasteiger partial charge in [-0.1, -0.05) is 135 Å². The van der Waals surface area contributed by atoms with Gasteiger partial charge in [-0.15, -0.1) is 0 Å². The van der Waals surface area contributed by atoms with Crippen LogP contribution < -0.4 is 0 Å². The van der Waals surface area contributed by atoms with E-state index in [4.69, 9.17) is 4.74 Å². The van der Waals surface area contributed by atoms with Gasteiger partial charge in [0, 0.05) is 6.61 Å². The maximum Gasteiger partial charge on any atom is 0.0612 e. The molecule has 3 fully saturated rings. The molecule has 0 amide bonds. The minimum Gasteiger partial charge on any atom is -0.378 e. The number of allylic oxidation sites excluding steroid dienone is 5. The van der Waals surface area contributed by atoms with Crippen LogP contribution in [0.2, 0.25) is 0 Å². The van der Waals surface area contributed by atoms with Crippen LogP contribution in [0.25, 0.3) is 0 Å². The summed E-state index contributed by atoms with van der Waals surface area (Å²) in [4.78, 5) is 0. The topological polar surface area (TPSA) is 9.23 Å². The highest BCUT2D eigenvalue weighted by Gasteiger charge is 2.59. The van der Waals surface area contributed by atoms with Crippen LogP contribution in [-0.4, -0.2) is 12.7 Å².